The smallest absolute Gasteiger partial charge is 0.261 e. The average molecular weight is 400 g/mol. The Labute approximate surface area is 174 Å². The van der Waals surface area contributed by atoms with Crippen molar-refractivity contribution in [1.82, 2.24) is 5.32 Å². The second-order valence-corrected chi connectivity index (χ2v) is 7.07. The van der Waals surface area contributed by atoms with Crippen LogP contribution in [0, 0.1) is 13.8 Å². The third-order valence-electron chi connectivity index (χ3n) is 4.89. The molecule has 0 fully saturated rings. The summed E-state index contributed by atoms with van der Waals surface area (Å²) < 4.78 is 16.8. The second kappa shape index (κ2) is 11.3. The molecule has 1 amide bonds. The van der Waals surface area contributed by atoms with Crippen molar-refractivity contribution in [1.29, 1.82) is 0 Å². The maximum atomic E-state index is 12.5. The van der Waals surface area contributed by atoms with Gasteiger partial charge in [-0.2, -0.15) is 0 Å². The van der Waals surface area contributed by atoms with Gasteiger partial charge >= 0.3 is 0 Å². The predicted molar refractivity (Wildman–Crippen MR) is 116 cm³/mol. The van der Waals surface area contributed by atoms with E-state index >= 15 is 0 Å². The quantitative estimate of drug-likeness (QED) is 0.560. The molecule has 0 bridgehead atoms. The van der Waals surface area contributed by atoms with Crippen molar-refractivity contribution in [3.05, 3.63) is 53.1 Å². The fourth-order valence-electron chi connectivity index (χ4n) is 3.03. The van der Waals surface area contributed by atoms with Gasteiger partial charge in [0.15, 0.2) is 17.6 Å². The van der Waals surface area contributed by atoms with Crippen molar-refractivity contribution in [2.24, 2.45) is 0 Å². The van der Waals surface area contributed by atoms with Crippen LogP contribution in [0.15, 0.2) is 36.4 Å². The topological polar surface area (TPSA) is 56.8 Å². The molecule has 5 nitrogen and oxygen atoms in total. The summed E-state index contributed by atoms with van der Waals surface area (Å²) in [6.45, 7) is 9.20. The highest BCUT2D eigenvalue weighted by atomic mass is 16.5. The number of nitrogens with one attached hydrogen (secondary N) is 1. The van der Waals surface area contributed by atoms with Crippen LogP contribution < -0.4 is 19.5 Å². The first-order valence-corrected chi connectivity index (χ1v) is 10.3. The fourth-order valence-corrected chi connectivity index (χ4v) is 3.03. The van der Waals surface area contributed by atoms with E-state index in [4.69, 9.17) is 14.2 Å². The lowest BCUT2D eigenvalue weighted by Gasteiger charge is -2.18. The van der Waals surface area contributed by atoms with Gasteiger partial charge in [0.25, 0.3) is 5.91 Å². The van der Waals surface area contributed by atoms with Crippen LogP contribution >= 0.6 is 0 Å². The molecule has 0 heterocycles. The molecule has 5 heteroatoms. The minimum Gasteiger partial charge on any atom is -0.493 e. The molecule has 0 aliphatic carbocycles. The summed E-state index contributed by atoms with van der Waals surface area (Å²) in [5.74, 6) is 2.15. The van der Waals surface area contributed by atoms with Gasteiger partial charge in [0.1, 0.15) is 5.75 Å². The Morgan fingerprint density at radius 1 is 1.03 bits per heavy atom. The fraction of sp³-hybridized carbons (Fsp3) is 0.458. The Balaban J connectivity index is 1.82. The Bertz CT molecular complexity index is 803. The Morgan fingerprint density at radius 3 is 2.48 bits per heavy atom. The van der Waals surface area contributed by atoms with Gasteiger partial charge in [0, 0.05) is 6.54 Å². The molecule has 2 rings (SSSR count). The van der Waals surface area contributed by atoms with Crippen LogP contribution in [0.3, 0.4) is 0 Å². The van der Waals surface area contributed by atoms with E-state index in [1.165, 1.54) is 5.56 Å². The zero-order valence-corrected chi connectivity index (χ0v) is 18.2. The van der Waals surface area contributed by atoms with Gasteiger partial charge in [-0.15, -0.1) is 0 Å². The number of carbonyl (C=O) groups is 1. The molecule has 0 saturated carbocycles. The summed E-state index contributed by atoms with van der Waals surface area (Å²) in [5, 5.41) is 2.99. The van der Waals surface area contributed by atoms with Crippen LogP contribution in [0.1, 0.15) is 43.4 Å². The molecule has 158 valence electrons. The molecule has 0 saturated heterocycles. The van der Waals surface area contributed by atoms with Gasteiger partial charge in [-0.05, 0) is 81.0 Å². The minimum absolute atomic E-state index is 0.0741. The number of benzene rings is 2. The molecule has 0 aromatic heterocycles. The van der Waals surface area contributed by atoms with Gasteiger partial charge in [-0.3, -0.25) is 4.79 Å². The molecule has 2 aromatic rings. The zero-order chi connectivity index (χ0) is 21.2. The molecular formula is C24H33NO4. The Kier molecular flexibility index (Phi) is 8.84. The van der Waals surface area contributed by atoms with Gasteiger partial charge in [-0.1, -0.05) is 19.1 Å². The molecule has 0 aliphatic rings. The van der Waals surface area contributed by atoms with E-state index in [2.05, 4.69) is 12.2 Å². The summed E-state index contributed by atoms with van der Waals surface area (Å²) in [6, 6.07) is 11.9. The highest BCUT2D eigenvalue weighted by molar-refractivity contribution is 5.81. The monoisotopic (exact) mass is 399 g/mol. The van der Waals surface area contributed by atoms with E-state index in [-0.39, 0.29) is 5.91 Å². The second-order valence-electron chi connectivity index (χ2n) is 7.07. The molecular weight excluding hydrogens is 366 g/mol. The summed E-state index contributed by atoms with van der Waals surface area (Å²) in [5.41, 5.74) is 3.52. The third kappa shape index (κ3) is 6.70. The summed E-state index contributed by atoms with van der Waals surface area (Å²) >= 11 is 0. The van der Waals surface area contributed by atoms with E-state index in [0.29, 0.717) is 19.6 Å². The van der Waals surface area contributed by atoms with Crippen molar-refractivity contribution in [3.63, 3.8) is 0 Å². The van der Waals surface area contributed by atoms with E-state index in [1.54, 1.807) is 7.11 Å². The van der Waals surface area contributed by atoms with Crippen molar-refractivity contribution in [3.8, 4) is 17.2 Å². The van der Waals surface area contributed by atoms with Gasteiger partial charge in [0.05, 0.1) is 13.7 Å². The zero-order valence-electron chi connectivity index (χ0n) is 18.2. The summed E-state index contributed by atoms with van der Waals surface area (Å²) in [4.78, 5) is 12.5. The highest BCUT2D eigenvalue weighted by Gasteiger charge is 2.18. The SMILES string of the molecule is CCOc1ccc(CCCNC(=O)[C@@H](CC)Oc2ccc(C)c(C)c2)cc1OC. The first-order chi connectivity index (χ1) is 14.0. The maximum absolute atomic E-state index is 12.5. The molecule has 1 N–H and O–H groups in total. The van der Waals surface area contributed by atoms with Crippen molar-refractivity contribution in [2.45, 2.75) is 53.1 Å². The Morgan fingerprint density at radius 2 is 1.83 bits per heavy atom. The number of hydrogen-bond acceptors (Lipinski definition) is 4. The number of ether oxygens (including phenoxy) is 3. The number of methoxy groups -OCH3 is 1. The molecule has 2 aromatic carbocycles. The lowest BCUT2D eigenvalue weighted by Crippen LogP contribution is -2.38. The van der Waals surface area contributed by atoms with Gasteiger partial charge in [-0.25, -0.2) is 0 Å². The number of carbonyl (C=O) groups excluding carboxylic acids is 1. The number of aryl methyl sites for hydroxylation is 3. The minimum atomic E-state index is -0.484. The van der Waals surface area contributed by atoms with E-state index in [9.17, 15) is 4.79 Å². The van der Waals surface area contributed by atoms with Crippen LogP contribution in [0.4, 0.5) is 0 Å². The predicted octanol–water partition coefficient (Wildman–Crippen LogP) is 4.62. The Hall–Kier alpha value is -2.69. The normalized spacial score (nSPS) is 11.6. The largest absolute Gasteiger partial charge is 0.493 e. The van der Waals surface area contributed by atoms with Crippen molar-refractivity contribution >= 4 is 5.91 Å². The lowest BCUT2D eigenvalue weighted by atomic mass is 10.1. The maximum Gasteiger partial charge on any atom is 0.261 e. The van der Waals surface area contributed by atoms with Crippen LogP contribution in [0.5, 0.6) is 17.2 Å². The summed E-state index contributed by atoms with van der Waals surface area (Å²) in [6.07, 6.45) is 1.82. The average Bonchev–Trinajstić information content (AvgIpc) is 2.72. The van der Waals surface area contributed by atoms with Crippen molar-refractivity contribution < 1.29 is 19.0 Å². The first-order valence-electron chi connectivity index (χ1n) is 10.3. The highest BCUT2D eigenvalue weighted by Crippen LogP contribution is 2.28. The lowest BCUT2D eigenvalue weighted by molar-refractivity contribution is -0.128. The molecule has 0 aliphatic heterocycles. The number of amides is 1. The van der Waals surface area contributed by atoms with Crippen LogP contribution in [-0.2, 0) is 11.2 Å². The molecule has 0 unspecified atom stereocenters. The van der Waals surface area contributed by atoms with Gasteiger partial charge in [0.2, 0.25) is 0 Å². The van der Waals surface area contributed by atoms with Crippen LogP contribution in [0.25, 0.3) is 0 Å². The van der Waals surface area contributed by atoms with E-state index in [1.807, 2.05) is 57.2 Å². The molecule has 0 spiro atoms. The van der Waals surface area contributed by atoms with Crippen LogP contribution in [-0.4, -0.2) is 32.3 Å². The van der Waals surface area contributed by atoms with E-state index < -0.39 is 6.10 Å². The standard InChI is InChI=1S/C24H33NO4/c1-6-21(29-20-12-10-17(3)18(4)15-20)24(26)25-14-8-9-19-11-13-22(28-7-2)23(16-19)27-5/h10-13,15-16,21H,6-9,14H2,1-5H3,(H,25,26)/t21-/m1/s1. The number of hydrogen-bond donors (Lipinski definition) is 1. The van der Waals surface area contributed by atoms with Gasteiger partial charge < -0.3 is 19.5 Å². The molecule has 29 heavy (non-hydrogen) atoms. The summed E-state index contributed by atoms with van der Waals surface area (Å²) in [7, 11) is 1.64. The molecule has 1 atom stereocenters. The van der Waals surface area contributed by atoms with Crippen molar-refractivity contribution in [2.75, 3.05) is 20.3 Å². The molecule has 0 radical (unpaired) electrons. The van der Waals surface area contributed by atoms with Crippen LogP contribution in [0.2, 0.25) is 0 Å². The third-order valence-corrected chi connectivity index (χ3v) is 4.89. The number of rotatable bonds is 11. The first kappa shape index (κ1) is 22.6. The van der Waals surface area contributed by atoms with E-state index in [0.717, 1.165) is 41.2 Å².